The monoisotopic (exact) mass is 196 g/mol. The second kappa shape index (κ2) is 5.27. The molecule has 0 bridgehead atoms. The molecular weight excluding hydrogens is 180 g/mol. The van der Waals surface area contributed by atoms with E-state index in [9.17, 15) is 0 Å². The fourth-order valence-electron chi connectivity index (χ4n) is 0.904. The summed E-state index contributed by atoms with van der Waals surface area (Å²) in [6.07, 6.45) is 0. The van der Waals surface area contributed by atoms with Crippen LogP contribution in [0.1, 0.15) is 12.5 Å². The molecule has 0 aliphatic heterocycles. The summed E-state index contributed by atoms with van der Waals surface area (Å²) >= 11 is 1.82. The highest BCUT2D eigenvalue weighted by Gasteiger charge is 1.99. The first-order chi connectivity index (χ1) is 6.22. The number of hydrogen-bond donors (Lipinski definition) is 2. The van der Waals surface area contributed by atoms with Gasteiger partial charge < -0.3 is 0 Å². The van der Waals surface area contributed by atoms with E-state index in [0.717, 1.165) is 5.75 Å². The molecule has 0 radical (unpaired) electrons. The highest BCUT2D eigenvalue weighted by Crippen LogP contribution is 2.18. The molecule has 0 saturated carbocycles. The fourth-order valence-corrected chi connectivity index (χ4v) is 1.77. The molecule has 0 aliphatic rings. The van der Waals surface area contributed by atoms with Gasteiger partial charge in [-0.15, -0.1) is 11.8 Å². The van der Waals surface area contributed by atoms with Crippen molar-refractivity contribution in [2.45, 2.75) is 24.8 Å². The number of nitrogens with one attached hydrogen (secondary N) is 1. The molecule has 0 amide bonds. The van der Waals surface area contributed by atoms with Crippen LogP contribution in [0, 0.1) is 6.92 Å². The molecule has 0 saturated heterocycles. The molecule has 0 aliphatic carbocycles. The van der Waals surface area contributed by atoms with Gasteiger partial charge in [0.25, 0.3) is 0 Å². The Labute approximate surface area is 83.9 Å². The highest BCUT2D eigenvalue weighted by atomic mass is 32.2. The number of aryl methyl sites for hydroxylation is 1. The van der Waals surface area contributed by atoms with E-state index in [-0.39, 0.29) is 0 Å². The van der Waals surface area contributed by atoms with Crippen LogP contribution in [0.15, 0.2) is 29.2 Å². The van der Waals surface area contributed by atoms with E-state index in [1.165, 1.54) is 10.5 Å². The van der Waals surface area contributed by atoms with Crippen molar-refractivity contribution in [2.24, 2.45) is 5.84 Å². The Morgan fingerprint density at radius 1 is 1.38 bits per heavy atom. The van der Waals surface area contributed by atoms with Crippen molar-refractivity contribution in [3.8, 4) is 0 Å². The van der Waals surface area contributed by atoms with Crippen LogP contribution in [0.5, 0.6) is 0 Å². The SMILES string of the molecule is Cc1ccc(SCC(C)NN)cc1. The molecule has 0 aromatic heterocycles. The minimum Gasteiger partial charge on any atom is -0.271 e. The third-order valence-corrected chi connectivity index (χ3v) is 3.08. The minimum absolute atomic E-state index is 0.353. The third kappa shape index (κ3) is 3.81. The lowest BCUT2D eigenvalue weighted by Gasteiger charge is -2.08. The van der Waals surface area contributed by atoms with E-state index in [0.29, 0.717) is 6.04 Å². The van der Waals surface area contributed by atoms with Crippen molar-refractivity contribution < 1.29 is 0 Å². The molecule has 0 heterocycles. The first-order valence-corrected chi connectivity index (χ1v) is 5.36. The molecule has 3 heteroatoms. The van der Waals surface area contributed by atoms with Crippen LogP contribution in [0.4, 0.5) is 0 Å². The van der Waals surface area contributed by atoms with Crippen molar-refractivity contribution in [1.29, 1.82) is 0 Å². The number of hydrazine groups is 1. The Bertz CT molecular complexity index is 246. The van der Waals surface area contributed by atoms with E-state index in [2.05, 4.69) is 43.5 Å². The largest absolute Gasteiger partial charge is 0.271 e. The van der Waals surface area contributed by atoms with Crippen LogP contribution in [0.25, 0.3) is 0 Å². The Balaban J connectivity index is 2.41. The molecule has 0 fully saturated rings. The highest BCUT2D eigenvalue weighted by molar-refractivity contribution is 7.99. The van der Waals surface area contributed by atoms with Crippen molar-refractivity contribution >= 4 is 11.8 Å². The molecule has 1 aromatic rings. The molecule has 1 aromatic carbocycles. The third-order valence-electron chi connectivity index (χ3n) is 1.81. The minimum atomic E-state index is 0.353. The number of hydrogen-bond acceptors (Lipinski definition) is 3. The van der Waals surface area contributed by atoms with E-state index in [4.69, 9.17) is 5.84 Å². The molecule has 72 valence electrons. The van der Waals surface area contributed by atoms with E-state index in [1.54, 1.807) is 0 Å². The van der Waals surface area contributed by atoms with Gasteiger partial charge in [0, 0.05) is 16.7 Å². The fraction of sp³-hybridized carbons (Fsp3) is 0.400. The van der Waals surface area contributed by atoms with Crippen molar-refractivity contribution in [1.82, 2.24) is 5.43 Å². The lowest BCUT2D eigenvalue weighted by atomic mass is 10.2. The molecule has 2 nitrogen and oxygen atoms in total. The lowest BCUT2D eigenvalue weighted by Crippen LogP contribution is -2.34. The number of nitrogens with two attached hydrogens (primary N) is 1. The Hall–Kier alpha value is -0.510. The predicted molar refractivity (Wildman–Crippen MR) is 58.7 cm³/mol. The Kier molecular flexibility index (Phi) is 4.28. The zero-order valence-electron chi connectivity index (χ0n) is 8.08. The van der Waals surface area contributed by atoms with Gasteiger partial charge in [0.1, 0.15) is 0 Å². The molecule has 0 spiro atoms. The molecule has 1 atom stereocenters. The van der Waals surface area contributed by atoms with Gasteiger partial charge in [-0.1, -0.05) is 17.7 Å². The number of benzene rings is 1. The molecule has 13 heavy (non-hydrogen) atoms. The summed E-state index contributed by atoms with van der Waals surface area (Å²) < 4.78 is 0. The zero-order chi connectivity index (χ0) is 9.68. The van der Waals surface area contributed by atoms with E-state index in [1.807, 2.05) is 11.8 Å². The molecular formula is C10H16N2S. The van der Waals surface area contributed by atoms with Gasteiger partial charge in [0.05, 0.1) is 0 Å². The zero-order valence-corrected chi connectivity index (χ0v) is 8.90. The summed E-state index contributed by atoms with van der Waals surface area (Å²) in [5.74, 6) is 6.30. The molecule has 1 rings (SSSR count). The lowest BCUT2D eigenvalue weighted by molar-refractivity contribution is 0.625. The van der Waals surface area contributed by atoms with Crippen LogP contribution in [0.2, 0.25) is 0 Å². The van der Waals surface area contributed by atoms with Crippen molar-refractivity contribution in [3.63, 3.8) is 0 Å². The van der Waals surface area contributed by atoms with Crippen LogP contribution >= 0.6 is 11.8 Å². The maximum Gasteiger partial charge on any atom is 0.0276 e. The van der Waals surface area contributed by atoms with E-state index < -0.39 is 0 Å². The second-order valence-electron chi connectivity index (χ2n) is 3.19. The van der Waals surface area contributed by atoms with Gasteiger partial charge in [-0.2, -0.15) is 0 Å². The summed E-state index contributed by atoms with van der Waals surface area (Å²) in [6.45, 7) is 4.17. The number of thioether (sulfide) groups is 1. The van der Waals surface area contributed by atoms with Gasteiger partial charge in [-0.25, -0.2) is 0 Å². The molecule has 3 N–H and O–H groups in total. The van der Waals surface area contributed by atoms with Crippen LogP contribution in [0.3, 0.4) is 0 Å². The van der Waals surface area contributed by atoms with Gasteiger partial charge in [-0.3, -0.25) is 11.3 Å². The smallest absolute Gasteiger partial charge is 0.0276 e. The summed E-state index contributed by atoms with van der Waals surface area (Å²) in [5, 5.41) is 0. The molecule has 1 unspecified atom stereocenters. The average Bonchev–Trinajstić information content (AvgIpc) is 2.16. The van der Waals surface area contributed by atoms with E-state index >= 15 is 0 Å². The first-order valence-electron chi connectivity index (χ1n) is 4.38. The van der Waals surface area contributed by atoms with Gasteiger partial charge >= 0.3 is 0 Å². The maximum atomic E-state index is 5.30. The summed E-state index contributed by atoms with van der Waals surface area (Å²) in [5.41, 5.74) is 4.03. The van der Waals surface area contributed by atoms with Gasteiger partial charge in [0.15, 0.2) is 0 Å². The van der Waals surface area contributed by atoms with Crippen LogP contribution in [-0.2, 0) is 0 Å². The standard InChI is InChI=1S/C10H16N2S/c1-8-3-5-10(6-4-8)13-7-9(2)12-11/h3-6,9,12H,7,11H2,1-2H3. The van der Waals surface area contributed by atoms with Gasteiger partial charge in [0.2, 0.25) is 0 Å². The summed E-state index contributed by atoms with van der Waals surface area (Å²) in [6, 6.07) is 8.89. The van der Waals surface area contributed by atoms with Crippen LogP contribution < -0.4 is 11.3 Å². The van der Waals surface area contributed by atoms with Gasteiger partial charge in [-0.05, 0) is 26.0 Å². The number of rotatable bonds is 4. The van der Waals surface area contributed by atoms with Crippen LogP contribution in [-0.4, -0.2) is 11.8 Å². The van der Waals surface area contributed by atoms with Crippen molar-refractivity contribution in [3.05, 3.63) is 29.8 Å². The Morgan fingerprint density at radius 3 is 2.54 bits per heavy atom. The normalized spacial score (nSPS) is 12.8. The average molecular weight is 196 g/mol. The van der Waals surface area contributed by atoms with Crippen molar-refractivity contribution in [2.75, 3.05) is 5.75 Å². The summed E-state index contributed by atoms with van der Waals surface area (Å²) in [4.78, 5) is 1.30. The quantitative estimate of drug-likeness (QED) is 0.439. The maximum absolute atomic E-state index is 5.30. The topological polar surface area (TPSA) is 38.0 Å². The Morgan fingerprint density at radius 2 is 2.00 bits per heavy atom. The predicted octanol–water partition coefficient (Wildman–Crippen LogP) is 1.94. The summed E-state index contributed by atoms with van der Waals surface area (Å²) in [7, 11) is 0. The first kappa shape index (κ1) is 10.6. The second-order valence-corrected chi connectivity index (χ2v) is 4.29.